The van der Waals surface area contributed by atoms with Gasteiger partial charge in [-0.2, -0.15) is 10.4 Å². The van der Waals surface area contributed by atoms with Crippen LogP contribution in [0.25, 0.3) is 0 Å². The van der Waals surface area contributed by atoms with Crippen LogP contribution in [-0.2, 0) is 12.0 Å². The third kappa shape index (κ3) is 2.77. The van der Waals surface area contributed by atoms with E-state index in [1.165, 1.54) is 6.33 Å². The number of hydrogen-bond donors (Lipinski definition) is 0. The first-order chi connectivity index (χ1) is 9.06. The molecule has 4 nitrogen and oxygen atoms in total. The molecule has 0 aliphatic carbocycles. The second-order valence-electron chi connectivity index (χ2n) is 4.87. The molecule has 0 radical (unpaired) electrons. The van der Waals surface area contributed by atoms with Gasteiger partial charge >= 0.3 is 0 Å². The smallest absolute Gasteiger partial charge is 0.137 e. The van der Waals surface area contributed by atoms with Gasteiger partial charge in [-0.1, -0.05) is 30.7 Å². The van der Waals surface area contributed by atoms with Crippen LogP contribution in [0.4, 0.5) is 0 Å². The highest BCUT2D eigenvalue weighted by molar-refractivity contribution is 6.30. The van der Waals surface area contributed by atoms with Gasteiger partial charge in [0, 0.05) is 10.4 Å². The van der Waals surface area contributed by atoms with E-state index in [-0.39, 0.29) is 11.3 Å². The van der Waals surface area contributed by atoms with Crippen molar-refractivity contribution in [3.05, 3.63) is 47.5 Å². The van der Waals surface area contributed by atoms with E-state index in [1.54, 1.807) is 11.0 Å². The normalized spacial score (nSPS) is 15.5. The molecule has 19 heavy (non-hydrogen) atoms. The summed E-state index contributed by atoms with van der Waals surface area (Å²) in [6.07, 6.45) is 3.16. The summed E-state index contributed by atoms with van der Waals surface area (Å²) in [6.45, 7) is 4.58. The summed E-state index contributed by atoms with van der Waals surface area (Å²) in [6, 6.07) is 9.96. The first-order valence-corrected chi connectivity index (χ1v) is 6.42. The Hall–Kier alpha value is -1.86. The third-order valence-corrected chi connectivity index (χ3v) is 3.86. The van der Waals surface area contributed by atoms with Crippen LogP contribution in [0.1, 0.15) is 19.4 Å². The van der Waals surface area contributed by atoms with Crippen molar-refractivity contribution in [1.82, 2.24) is 14.8 Å². The topological polar surface area (TPSA) is 54.5 Å². The SMILES string of the molecule is CC(C#N)C(C)(Cn1cncn1)c1ccc(Cl)cc1. The van der Waals surface area contributed by atoms with Gasteiger partial charge in [-0.25, -0.2) is 4.98 Å². The first kappa shape index (κ1) is 13.6. The second-order valence-corrected chi connectivity index (χ2v) is 5.30. The predicted octanol–water partition coefficient (Wildman–Crippen LogP) is 3.05. The van der Waals surface area contributed by atoms with E-state index in [0.29, 0.717) is 11.6 Å². The summed E-state index contributed by atoms with van der Waals surface area (Å²) in [5, 5.41) is 14.1. The monoisotopic (exact) mass is 274 g/mol. The summed E-state index contributed by atoms with van der Waals surface area (Å²) in [5.41, 5.74) is 0.731. The minimum atomic E-state index is -0.340. The van der Waals surface area contributed by atoms with E-state index < -0.39 is 0 Å². The highest BCUT2D eigenvalue weighted by Gasteiger charge is 2.34. The highest BCUT2D eigenvalue weighted by Crippen LogP contribution is 2.34. The summed E-state index contributed by atoms with van der Waals surface area (Å²) in [5.74, 6) is -0.155. The minimum Gasteiger partial charge on any atom is -0.252 e. The standard InChI is InChI=1S/C14H15ClN4/c1-11(7-16)14(2,8-19-10-17-9-18-19)12-3-5-13(15)6-4-12/h3-6,9-11H,8H2,1-2H3. The van der Waals surface area contributed by atoms with Crippen molar-refractivity contribution in [2.45, 2.75) is 25.8 Å². The lowest BCUT2D eigenvalue weighted by Crippen LogP contribution is -2.34. The zero-order valence-corrected chi connectivity index (χ0v) is 11.7. The van der Waals surface area contributed by atoms with Crippen molar-refractivity contribution in [2.75, 3.05) is 0 Å². The van der Waals surface area contributed by atoms with Crippen molar-refractivity contribution in [2.24, 2.45) is 5.92 Å². The number of nitrogens with zero attached hydrogens (tertiary/aromatic N) is 4. The van der Waals surface area contributed by atoms with Crippen molar-refractivity contribution >= 4 is 11.6 Å². The molecule has 0 bridgehead atoms. The molecule has 2 unspecified atom stereocenters. The molecule has 0 amide bonds. The Morgan fingerprint density at radius 1 is 1.42 bits per heavy atom. The molecule has 2 rings (SSSR count). The fraction of sp³-hybridized carbons (Fsp3) is 0.357. The van der Waals surface area contributed by atoms with E-state index in [2.05, 4.69) is 23.1 Å². The molecule has 2 atom stereocenters. The van der Waals surface area contributed by atoms with Crippen LogP contribution in [0, 0.1) is 17.2 Å². The Balaban J connectivity index is 2.40. The van der Waals surface area contributed by atoms with E-state index >= 15 is 0 Å². The number of rotatable bonds is 4. The molecule has 0 saturated carbocycles. The Morgan fingerprint density at radius 2 is 2.11 bits per heavy atom. The third-order valence-electron chi connectivity index (χ3n) is 3.61. The molecule has 0 aliphatic heterocycles. The largest absolute Gasteiger partial charge is 0.252 e. The lowest BCUT2D eigenvalue weighted by Gasteiger charge is -2.32. The Kier molecular flexibility index (Phi) is 3.87. The number of aromatic nitrogens is 3. The van der Waals surface area contributed by atoms with Gasteiger partial charge in [0.1, 0.15) is 12.7 Å². The number of benzene rings is 1. The Morgan fingerprint density at radius 3 is 2.63 bits per heavy atom. The summed E-state index contributed by atoms with van der Waals surface area (Å²) in [7, 11) is 0. The highest BCUT2D eigenvalue weighted by atomic mass is 35.5. The van der Waals surface area contributed by atoms with Gasteiger partial charge in [0.15, 0.2) is 0 Å². The summed E-state index contributed by atoms with van der Waals surface area (Å²) >= 11 is 5.93. The van der Waals surface area contributed by atoms with Crippen LogP contribution in [0.15, 0.2) is 36.9 Å². The van der Waals surface area contributed by atoms with Gasteiger partial charge < -0.3 is 0 Å². The van der Waals surface area contributed by atoms with Crippen molar-refractivity contribution in [1.29, 1.82) is 5.26 Å². The van der Waals surface area contributed by atoms with Crippen LogP contribution < -0.4 is 0 Å². The van der Waals surface area contributed by atoms with Gasteiger partial charge in [-0.05, 0) is 24.6 Å². The molecule has 2 aromatic rings. The zero-order valence-electron chi connectivity index (χ0n) is 10.9. The van der Waals surface area contributed by atoms with Crippen molar-refractivity contribution < 1.29 is 0 Å². The number of halogens is 1. The fourth-order valence-electron chi connectivity index (χ4n) is 2.10. The second kappa shape index (κ2) is 5.41. The molecule has 5 heteroatoms. The Labute approximate surface area is 117 Å². The van der Waals surface area contributed by atoms with Gasteiger partial charge in [-0.15, -0.1) is 0 Å². The van der Waals surface area contributed by atoms with E-state index in [9.17, 15) is 5.26 Å². The molecule has 0 N–H and O–H groups in total. The summed E-state index contributed by atoms with van der Waals surface area (Å²) in [4.78, 5) is 3.95. The maximum atomic E-state index is 9.29. The van der Waals surface area contributed by atoms with Crippen LogP contribution in [0.2, 0.25) is 5.02 Å². The molecule has 98 valence electrons. The van der Waals surface area contributed by atoms with Gasteiger partial charge in [-0.3, -0.25) is 4.68 Å². The van der Waals surface area contributed by atoms with Crippen LogP contribution in [0.3, 0.4) is 0 Å². The minimum absolute atomic E-state index is 0.155. The van der Waals surface area contributed by atoms with Gasteiger partial charge in [0.05, 0.1) is 18.5 Å². The zero-order chi connectivity index (χ0) is 13.9. The molecule has 1 aromatic heterocycles. The maximum Gasteiger partial charge on any atom is 0.137 e. The summed E-state index contributed by atoms with van der Waals surface area (Å²) < 4.78 is 1.75. The van der Waals surface area contributed by atoms with Gasteiger partial charge in [0.2, 0.25) is 0 Å². The quantitative estimate of drug-likeness (QED) is 0.861. The molecular formula is C14H15ClN4. The molecule has 0 spiro atoms. The lowest BCUT2D eigenvalue weighted by molar-refractivity contribution is 0.308. The van der Waals surface area contributed by atoms with Crippen LogP contribution >= 0.6 is 11.6 Å². The van der Waals surface area contributed by atoms with Crippen LogP contribution in [-0.4, -0.2) is 14.8 Å². The predicted molar refractivity (Wildman–Crippen MR) is 73.6 cm³/mol. The molecule has 0 saturated heterocycles. The van der Waals surface area contributed by atoms with Crippen molar-refractivity contribution in [3.63, 3.8) is 0 Å². The lowest BCUT2D eigenvalue weighted by atomic mass is 9.73. The molecule has 1 heterocycles. The molecule has 1 aromatic carbocycles. The van der Waals surface area contributed by atoms with E-state index in [0.717, 1.165) is 5.56 Å². The molecular weight excluding hydrogens is 260 g/mol. The fourth-order valence-corrected chi connectivity index (χ4v) is 2.23. The van der Waals surface area contributed by atoms with Crippen molar-refractivity contribution in [3.8, 4) is 6.07 Å². The van der Waals surface area contributed by atoms with E-state index in [1.807, 2.05) is 31.2 Å². The van der Waals surface area contributed by atoms with E-state index in [4.69, 9.17) is 11.6 Å². The number of hydrogen-bond acceptors (Lipinski definition) is 3. The molecule has 0 fully saturated rings. The first-order valence-electron chi connectivity index (χ1n) is 6.04. The van der Waals surface area contributed by atoms with Gasteiger partial charge in [0.25, 0.3) is 0 Å². The molecule has 0 aliphatic rings. The number of nitriles is 1. The van der Waals surface area contributed by atoms with Crippen LogP contribution in [0.5, 0.6) is 0 Å². The average molecular weight is 275 g/mol. The Bertz CT molecular complexity index is 570. The average Bonchev–Trinajstić information content (AvgIpc) is 2.91. The maximum absolute atomic E-state index is 9.29.